The van der Waals surface area contributed by atoms with E-state index in [1.807, 2.05) is 43.3 Å². The number of rotatable bonds is 5. The fourth-order valence-electron chi connectivity index (χ4n) is 4.26. The van der Waals surface area contributed by atoms with Crippen molar-refractivity contribution in [3.05, 3.63) is 48.8 Å². The average molecular weight is 439 g/mol. The van der Waals surface area contributed by atoms with Gasteiger partial charge in [0.1, 0.15) is 5.52 Å². The molecule has 0 amide bonds. The Bertz CT molecular complexity index is 1260. The molecule has 1 aromatic carbocycles. The molecule has 2 N–H and O–H groups in total. The number of hydrogen-bond donors (Lipinski definition) is 2. The lowest BCUT2D eigenvalue weighted by Crippen LogP contribution is -2.36. The summed E-state index contributed by atoms with van der Waals surface area (Å²) >= 11 is 0. The van der Waals surface area contributed by atoms with Crippen molar-refractivity contribution in [2.45, 2.75) is 50.9 Å². The van der Waals surface area contributed by atoms with Gasteiger partial charge >= 0.3 is 6.61 Å². The molecule has 0 unspecified atom stereocenters. The lowest BCUT2D eigenvalue weighted by Gasteiger charge is -2.33. The summed E-state index contributed by atoms with van der Waals surface area (Å²) in [5, 5.41) is 18.8. The van der Waals surface area contributed by atoms with E-state index < -0.39 is 12.2 Å². The van der Waals surface area contributed by atoms with Gasteiger partial charge in [0.15, 0.2) is 0 Å². The molecule has 0 atom stereocenters. The summed E-state index contributed by atoms with van der Waals surface area (Å²) in [6.07, 6.45) is 6.20. The number of hydrogen-bond acceptors (Lipinski definition) is 6. The molecule has 0 bridgehead atoms. The minimum absolute atomic E-state index is 0.0510. The highest BCUT2D eigenvalue weighted by molar-refractivity contribution is 5.90. The van der Waals surface area contributed by atoms with E-state index in [9.17, 15) is 13.9 Å². The maximum absolute atomic E-state index is 13.2. The molecule has 7 nitrogen and oxygen atoms in total. The summed E-state index contributed by atoms with van der Waals surface area (Å²) < 4.78 is 32.8. The van der Waals surface area contributed by atoms with Crippen LogP contribution in [-0.4, -0.2) is 42.9 Å². The quantitative estimate of drug-likeness (QED) is 0.471. The lowest BCUT2D eigenvalue weighted by atomic mass is 9.84. The minimum Gasteiger partial charge on any atom is -0.414 e. The first-order valence-electron chi connectivity index (χ1n) is 10.6. The van der Waals surface area contributed by atoms with Crippen LogP contribution in [0.2, 0.25) is 0 Å². The summed E-state index contributed by atoms with van der Waals surface area (Å²) in [4.78, 5) is 8.59. The maximum atomic E-state index is 13.2. The molecule has 0 spiro atoms. The van der Waals surface area contributed by atoms with E-state index in [4.69, 9.17) is 4.74 Å². The second-order valence-corrected chi connectivity index (χ2v) is 8.47. The first-order chi connectivity index (χ1) is 15.4. The van der Waals surface area contributed by atoms with Crippen LogP contribution in [0.1, 0.15) is 32.6 Å². The number of nitrogens with zero attached hydrogens (tertiary/aromatic N) is 4. The fourth-order valence-corrected chi connectivity index (χ4v) is 4.26. The first-order valence-corrected chi connectivity index (χ1v) is 10.6. The second kappa shape index (κ2) is 7.98. The van der Waals surface area contributed by atoms with Gasteiger partial charge in [-0.1, -0.05) is 12.1 Å². The molecule has 32 heavy (non-hydrogen) atoms. The Labute approximate surface area is 183 Å². The zero-order chi connectivity index (χ0) is 22.3. The van der Waals surface area contributed by atoms with E-state index in [-0.39, 0.29) is 17.9 Å². The van der Waals surface area contributed by atoms with E-state index >= 15 is 0 Å². The van der Waals surface area contributed by atoms with E-state index in [0.29, 0.717) is 23.9 Å². The maximum Gasteiger partial charge on any atom is 0.388 e. The van der Waals surface area contributed by atoms with E-state index in [1.165, 1.54) is 4.52 Å². The number of aliphatic hydroxyl groups is 1. The molecule has 1 aliphatic carbocycles. The van der Waals surface area contributed by atoms with Crippen LogP contribution in [-0.2, 0) is 0 Å². The zero-order valence-electron chi connectivity index (χ0n) is 17.5. The van der Waals surface area contributed by atoms with E-state index in [1.54, 1.807) is 12.4 Å². The standard InChI is InChI=1S/C23H23F2N5O2/c1-23(31)9-6-16(7-10-23)27-22-28-20(32-21(24)25)19-17(8-12-30(19)29-22)14-4-5-18-15(13-14)3-2-11-26-18/h2-5,8,11-13,16,21,31H,6-7,9-10H2,1H3,(H,27,29)/t16-,23-. The van der Waals surface area contributed by atoms with E-state index in [2.05, 4.69) is 20.4 Å². The largest absolute Gasteiger partial charge is 0.414 e. The molecule has 3 aromatic heterocycles. The molecule has 0 saturated heterocycles. The molecule has 1 saturated carbocycles. The average Bonchev–Trinajstić information content (AvgIpc) is 3.19. The number of halogens is 2. The molecule has 1 fully saturated rings. The predicted octanol–water partition coefficient (Wildman–Crippen LogP) is 4.65. The summed E-state index contributed by atoms with van der Waals surface area (Å²) in [7, 11) is 0. The molecular weight excluding hydrogens is 416 g/mol. The number of anilines is 1. The monoisotopic (exact) mass is 439 g/mol. The third-order valence-corrected chi connectivity index (χ3v) is 5.99. The Morgan fingerprint density at radius 1 is 1.22 bits per heavy atom. The smallest absolute Gasteiger partial charge is 0.388 e. The zero-order valence-corrected chi connectivity index (χ0v) is 17.5. The van der Waals surface area contributed by atoms with Gasteiger partial charge in [0.2, 0.25) is 11.8 Å². The van der Waals surface area contributed by atoms with Crippen LogP contribution in [0.5, 0.6) is 5.88 Å². The third kappa shape index (κ3) is 4.08. The summed E-state index contributed by atoms with van der Waals surface area (Å²) in [6.45, 7) is -1.19. The Kier molecular flexibility index (Phi) is 5.13. The van der Waals surface area contributed by atoms with Crippen LogP contribution in [0.25, 0.3) is 27.5 Å². The van der Waals surface area contributed by atoms with Gasteiger partial charge in [-0.05, 0) is 62.4 Å². The molecule has 0 radical (unpaired) electrons. The molecule has 166 valence electrons. The number of ether oxygens (including phenoxy) is 1. The van der Waals surface area contributed by atoms with Crippen LogP contribution in [0.15, 0.2) is 48.8 Å². The normalized spacial score (nSPS) is 21.3. The molecule has 0 aliphatic heterocycles. The molecular formula is C23H23F2N5O2. The van der Waals surface area contributed by atoms with Crippen LogP contribution in [0, 0.1) is 0 Å². The Balaban J connectivity index is 1.53. The molecule has 1 aliphatic rings. The third-order valence-electron chi connectivity index (χ3n) is 5.99. The molecule has 9 heteroatoms. The van der Waals surface area contributed by atoms with Crippen molar-refractivity contribution < 1.29 is 18.6 Å². The fraction of sp³-hybridized carbons (Fsp3) is 0.348. The number of nitrogens with one attached hydrogen (secondary N) is 1. The van der Waals surface area contributed by atoms with Crippen molar-refractivity contribution in [3.63, 3.8) is 0 Å². The molecule has 5 rings (SSSR count). The van der Waals surface area contributed by atoms with Gasteiger partial charge < -0.3 is 15.2 Å². The molecule has 4 aromatic rings. The van der Waals surface area contributed by atoms with Crippen molar-refractivity contribution in [1.82, 2.24) is 19.6 Å². The van der Waals surface area contributed by atoms with Crippen molar-refractivity contribution in [2.24, 2.45) is 0 Å². The van der Waals surface area contributed by atoms with Gasteiger partial charge in [-0.3, -0.25) is 4.98 Å². The van der Waals surface area contributed by atoms with Gasteiger partial charge in [0.05, 0.1) is 11.1 Å². The van der Waals surface area contributed by atoms with Gasteiger partial charge in [-0.15, -0.1) is 5.10 Å². The van der Waals surface area contributed by atoms with Gasteiger partial charge in [0.25, 0.3) is 0 Å². The van der Waals surface area contributed by atoms with Crippen molar-refractivity contribution in [3.8, 4) is 17.0 Å². The van der Waals surface area contributed by atoms with Crippen LogP contribution < -0.4 is 10.1 Å². The predicted molar refractivity (Wildman–Crippen MR) is 117 cm³/mol. The Hall–Kier alpha value is -3.33. The Morgan fingerprint density at radius 3 is 2.81 bits per heavy atom. The van der Waals surface area contributed by atoms with Crippen molar-refractivity contribution in [1.29, 1.82) is 0 Å². The summed E-state index contributed by atoms with van der Waals surface area (Å²) in [6, 6.07) is 11.4. The molecule has 3 heterocycles. The summed E-state index contributed by atoms with van der Waals surface area (Å²) in [5.74, 6) is 0.0242. The van der Waals surface area contributed by atoms with Gasteiger partial charge in [-0.2, -0.15) is 13.8 Å². The van der Waals surface area contributed by atoms with Crippen LogP contribution >= 0.6 is 0 Å². The first kappa shape index (κ1) is 20.6. The summed E-state index contributed by atoms with van der Waals surface area (Å²) in [5.41, 5.74) is 2.05. The van der Waals surface area contributed by atoms with E-state index in [0.717, 1.165) is 29.3 Å². The number of benzene rings is 1. The highest BCUT2D eigenvalue weighted by Crippen LogP contribution is 2.34. The van der Waals surface area contributed by atoms with Gasteiger partial charge in [-0.25, -0.2) is 4.52 Å². The second-order valence-electron chi connectivity index (χ2n) is 8.47. The number of pyridine rings is 1. The van der Waals surface area contributed by atoms with Gasteiger partial charge in [0, 0.05) is 29.4 Å². The SMILES string of the molecule is C[C@]1(O)CC[C@H](Nc2nc(OC(F)F)c3c(-c4ccc5ncccc5c4)ccn3n2)CC1. The van der Waals surface area contributed by atoms with Crippen LogP contribution in [0.4, 0.5) is 14.7 Å². The van der Waals surface area contributed by atoms with Crippen molar-refractivity contribution >= 4 is 22.4 Å². The number of aromatic nitrogens is 4. The van der Waals surface area contributed by atoms with Crippen molar-refractivity contribution in [2.75, 3.05) is 5.32 Å². The number of fused-ring (bicyclic) bond motifs is 2. The topological polar surface area (TPSA) is 84.6 Å². The highest BCUT2D eigenvalue weighted by atomic mass is 19.3. The Morgan fingerprint density at radius 2 is 2.03 bits per heavy atom. The highest BCUT2D eigenvalue weighted by Gasteiger charge is 2.29. The van der Waals surface area contributed by atoms with Crippen LogP contribution in [0.3, 0.4) is 0 Å². The lowest BCUT2D eigenvalue weighted by molar-refractivity contribution is -0.0519. The number of alkyl halides is 2. The minimum atomic E-state index is -3.02.